The van der Waals surface area contributed by atoms with E-state index >= 15 is 0 Å². The first kappa shape index (κ1) is 10.8. The van der Waals surface area contributed by atoms with Crippen LogP contribution in [0.15, 0.2) is 22.8 Å². The van der Waals surface area contributed by atoms with Crippen LogP contribution in [0.1, 0.15) is 31.9 Å². The Balaban J connectivity index is 2.06. The second-order valence-corrected chi connectivity index (χ2v) is 3.28. The molecule has 0 aromatic carbocycles. The van der Waals surface area contributed by atoms with Gasteiger partial charge in [0.25, 0.3) is 0 Å². The molecule has 3 heteroatoms. The molecule has 1 N–H and O–H groups in total. The van der Waals surface area contributed by atoms with E-state index < -0.39 is 0 Å². The quantitative estimate of drug-likeness (QED) is 0.755. The summed E-state index contributed by atoms with van der Waals surface area (Å²) in [5.41, 5.74) is 0. The van der Waals surface area contributed by atoms with Crippen molar-refractivity contribution < 1.29 is 9.21 Å². The van der Waals surface area contributed by atoms with Crippen LogP contribution in [-0.2, 0) is 11.2 Å². The maximum atomic E-state index is 11.2. The summed E-state index contributed by atoms with van der Waals surface area (Å²) in [5.74, 6) is 1.05. The van der Waals surface area contributed by atoms with Crippen LogP contribution in [0.2, 0.25) is 0 Å². The minimum atomic E-state index is 0.137. The van der Waals surface area contributed by atoms with E-state index in [9.17, 15) is 4.79 Å². The number of furan rings is 1. The maximum absolute atomic E-state index is 11.2. The molecule has 1 aromatic rings. The predicted octanol–water partition coefficient (Wildman–Crippen LogP) is 2.13. The molecule has 3 nitrogen and oxygen atoms in total. The molecular weight excluding hydrogens is 178 g/mol. The first-order chi connectivity index (χ1) is 6.83. The van der Waals surface area contributed by atoms with Gasteiger partial charge in [0.15, 0.2) is 0 Å². The number of amides is 1. The van der Waals surface area contributed by atoms with E-state index in [0.717, 1.165) is 25.0 Å². The second kappa shape index (κ2) is 6.24. The van der Waals surface area contributed by atoms with Gasteiger partial charge in [0.05, 0.1) is 6.26 Å². The summed E-state index contributed by atoms with van der Waals surface area (Å²) in [5, 5.41) is 2.86. The van der Waals surface area contributed by atoms with E-state index in [4.69, 9.17) is 4.42 Å². The summed E-state index contributed by atoms with van der Waals surface area (Å²) >= 11 is 0. The van der Waals surface area contributed by atoms with E-state index in [1.807, 2.05) is 12.1 Å². The minimum absolute atomic E-state index is 0.137. The Bertz CT molecular complexity index is 254. The Hall–Kier alpha value is -1.25. The highest BCUT2D eigenvalue weighted by Gasteiger charge is 2.00. The number of carbonyl (C=O) groups is 1. The Labute approximate surface area is 84.5 Å². The van der Waals surface area contributed by atoms with Crippen LogP contribution in [0.25, 0.3) is 0 Å². The highest BCUT2D eigenvalue weighted by Crippen LogP contribution is 1.99. The van der Waals surface area contributed by atoms with Gasteiger partial charge in [-0.3, -0.25) is 4.79 Å². The summed E-state index contributed by atoms with van der Waals surface area (Å²) in [6.07, 6.45) is 5.08. The smallest absolute Gasteiger partial charge is 0.220 e. The fraction of sp³-hybridized carbons (Fsp3) is 0.545. The number of rotatable bonds is 6. The van der Waals surface area contributed by atoms with Crippen LogP contribution >= 0.6 is 0 Å². The molecule has 1 amide bonds. The molecule has 0 fully saturated rings. The first-order valence-electron chi connectivity index (χ1n) is 5.12. The third-order valence-corrected chi connectivity index (χ3v) is 2.03. The summed E-state index contributed by atoms with van der Waals surface area (Å²) in [6.45, 7) is 2.74. The van der Waals surface area contributed by atoms with E-state index in [0.29, 0.717) is 13.0 Å². The lowest BCUT2D eigenvalue weighted by Gasteiger charge is -2.02. The fourth-order valence-corrected chi connectivity index (χ4v) is 1.21. The van der Waals surface area contributed by atoms with Crippen LogP contribution in [-0.4, -0.2) is 12.5 Å². The summed E-state index contributed by atoms with van der Waals surface area (Å²) in [7, 11) is 0. The van der Waals surface area contributed by atoms with Gasteiger partial charge in [0, 0.05) is 19.4 Å². The zero-order valence-corrected chi connectivity index (χ0v) is 8.58. The molecule has 0 saturated heterocycles. The minimum Gasteiger partial charge on any atom is -0.469 e. The highest BCUT2D eigenvalue weighted by molar-refractivity contribution is 5.75. The van der Waals surface area contributed by atoms with Gasteiger partial charge in [-0.25, -0.2) is 0 Å². The zero-order valence-electron chi connectivity index (χ0n) is 8.58. The molecule has 0 aliphatic rings. The van der Waals surface area contributed by atoms with Crippen LogP contribution < -0.4 is 5.32 Å². The van der Waals surface area contributed by atoms with E-state index in [2.05, 4.69) is 12.2 Å². The monoisotopic (exact) mass is 195 g/mol. The van der Waals surface area contributed by atoms with Gasteiger partial charge in [-0.05, 0) is 18.6 Å². The van der Waals surface area contributed by atoms with E-state index in [-0.39, 0.29) is 5.91 Å². The highest BCUT2D eigenvalue weighted by atomic mass is 16.3. The van der Waals surface area contributed by atoms with Crippen LogP contribution in [0, 0.1) is 0 Å². The van der Waals surface area contributed by atoms with Crippen LogP contribution in [0.3, 0.4) is 0 Å². The van der Waals surface area contributed by atoms with E-state index in [1.165, 1.54) is 0 Å². The number of hydrogen-bond acceptors (Lipinski definition) is 2. The fourth-order valence-electron chi connectivity index (χ4n) is 1.21. The largest absolute Gasteiger partial charge is 0.469 e. The van der Waals surface area contributed by atoms with Gasteiger partial charge in [0.2, 0.25) is 5.91 Å². The lowest BCUT2D eigenvalue weighted by atomic mass is 10.2. The third-order valence-electron chi connectivity index (χ3n) is 2.03. The van der Waals surface area contributed by atoms with Crippen molar-refractivity contribution in [1.29, 1.82) is 0 Å². The lowest BCUT2D eigenvalue weighted by Crippen LogP contribution is -2.25. The SMILES string of the molecule is CCCCC(=O)NCCc1ccco1. The molecular formula is C11H17NO2. The van der Waals surface area contributed by atoms with Crippen molar-refractivity contribution in [3.8, 4) is 0 Å². The van der Waals surface area contributed by atoms with Gasteiger partial charge >= 0.3 is 0 Å². The lowest BCUT2D eigenvalue weighted by molar-refractivity contribution is -0.121. The van der Waals surface area contributed by atoms with Crippen molar-refractivity contribution in [2.75, 3.05) is 6.54 Å². The molecule has 0 spiro atoms. The van der Waals surface area contributed by atoms with Crippen molar-refractivity contribution >= 4 is 5.91 Å². The molecule has 0 aliphatic carbocycles. The number of nitrogens with one attached hydrogen (secondary N) is 1. The van der Waals surface area contributed by atoms with Gasteiger partial charge in [0.1, 0.15) is 5.76 Å². The van der Waals surface area contributed by atoms with Gasteiger partial charge < -0.3 is 9.73 Å². The molecule has 0 unspecified atom stereocenters. The molecule has 1 aromatic heterocycles. The normalized spacial score (nSPS) is 10.1. The van der Waals surface area contributed by atoms with Gasteiger partial charge in [-0.1, -0.05) is 13.3 Å². The summed E-state index contributed by atoms with van der Waals surface area (Å²) in [4.78, 5) is 11.2. The molecule has 78 valence electrons. The zero-order chi connectivity index (χ0) is 10.2. The van der Waals surface area contributed by atoms with Crippen molar-refractivity contribution in [1.82, 2.24) is 5.32 Å². The third kappa shape index (κ3) is 4.12. The number of carbonyl (C=O) groups excluding carboxylic acids is 1. The van der Waals surface area contributed by atoms with Crippen molar-refractivity contribution in [3.05, 3.63) is 24.2 Å². The Morgan fingerprint density at radius 1 is 1.57 bits per heavy atom. The topological polar surface area (TPSA) is 42.2 Å². The molecule has 0 radical (unpaired) electrons. The molecule has 0 atom stereocenters. The first-order valence-corrected chi connectivity index (χ1v) is 5.12. The van der Waals surface area contributed by atoms with Crippen LogP contribution in [0.5, 0.6) is 0 Å². The summed E-state index contributed by atoms with van der Waals surface area (Å²) < 4.78 is 5.15. The molecule has 1 heterocycles. The molecule has 1 rings (SSSR count). The number of hydrogen-bond donors (Lipinski definition) is 1. The average molecular weight is 195 g/mol. The van der Waals surface area contributed by atoms with Crippen molar-refractivity contribution in [2.45, 2.75) is 32.6 Å². The predicted molar refractivity (Wildman–Crippen MR) is 54.9 cm³/mol. The van der Waals surface area contributed by atoms with Gasteiger partial charge in [-0.2, -0.15) is 0 Å². The Morgan fingerprint density at radius 3 is 3.07 bits per heavy atom. The molecule has 14 heavy (non-hydrogen) atoms. The Morgan fingerprint density at radius 2 is 2.43 bits per heavy atom. The summed E-state index contributed by atoms with van der Waals surface area (Å²) in [6, 6.07) is 3.77. The standard InChI is InChI=1S/C11H17NO2/c1-2-3-6-11(13)12-8-7-10-5-4-9-14-10/h4-5,9H,2-3,6-8H2,1H3,(H,12,13). The molecule has 0 aliphatic heterocycles. The van der Waals surface area contributed by atoms with Gasteiger partial charge in [-0.15, -0.1) is 0 Å². The van der Waals surface area contributed by atoms with Crippen molar-refractivity contribution in [2.24, 2.45) is 0 Å². The number of unbranched alkanes of at least 4 members (excludes halogenated alkanes) is 1. The molecule has 0 saturated carbocycles. The Kier molecular flexibility index (Phi) is 4.83. The van der Waals surface area contributed by atoms with E-state index in [1.54, 1.807) is 6.26 Å². The second-order valence-electron chi connectivity index (χ2n) is 3.28. The van der Waals surface area contributed by atoms with Crippen LogP contribution in [0.4, 0.5) is 0 Å². The maximum Gasteiger partial charge on any atom is 0.220 e. The van der Waals surface area contributed by atoms with Crippen molar-refractivity contribution in [3.63, 3.8) is 0 Å². The average Bonchev–Trinajstić information content (AvgIpc) is 2.67. The molecule has 0 bridgehead atoms.